The molecule has 1 fully saturated rings. The molecule has 1 aliphatic rings. The summed E-state index contributed by atoms with van der Waals surface area (Å²) in [6.07, 6.45) is 1.79. The molecule has 148 valence electrons. The minimum Gasteiger partial charge on any atom is -0.311 e. The fraction of sp³-hybridized carbons (Fsp3) is 0.318. The number of carbonyl (C=O) groups excluding carboxylic acids is 1. The zero-order valence-electron chi connectivity index (χ0n) is 16.3. The van der Waals surface area contributed by atoms with Crippen molar-refractivity contribution >= 4 is 34.2 Å². The highest BCUT2D eigenvalue weighted by Crippen LogP contribution is 2.33. The minimum atomic E-state index is -0.0836. The van der Waals surface area contributed by atoms with Crippen LogP contribution in [0.5, 0.6) is 0 Å². The number of benzene rings is 2. The molecule has 0 aliphatic carbocycles. The fourth-order valence-corrected chi connectivity index (χ4v) is 3.89. The Kier molecular flexibility index (Phi) is 5.03. The van der Waals surface area contributed by atoms with Gasteiger partial charge in [-0.2, -0.15) is 10.4 Å². The van der Waals surface area contributed by atoms with Gasteiger partial charge in [-0.15, -0.1) is 0 Å². The van der Waals surface area contributed by atoms with Gasteiger partial charge >= 0.3 is 0 Å². The third-order valence-corrected chi connectivity index (χ3v) is 5.86. The lowest BCUT2D eigenvalue weighted by Crippen LogP contribution is -2.49. The molecule has 6 nitrogen and oxygen atoms in total. The number of amides is 1. The van der Waals surface area contributed by atoms with Crippen LogP contribution >= 0.6 is 11.6 Å². The van der Waals surface area contributed by atoms with E-state index in [0.29, 0.717) is 22.9 Å². The number of hydrogen-bond donors (Lipinski definition) is 3. The first kappa shape index (κ1) is 19.4. The molecule has 2 heterocycles. The van der Waals surface area contributed by atoms with Crippen LogP contribution in [0.15, 0.2) is 36.4 Å². The molecule has 1 saturated heterocycles. The maximum atomic E-state index is 12.8. The number of fused-ring (bicyclic) bond motifs is 1. The van der Waals surface area contributed by atoms with Crippen LogP contribution in [0.4, 0.5) is 5.82 Å². The van der Waals surface area contributed by atoms with Crippen molar-refractivity contribution in [2.75, 3.05) is 11.9 Å². The Hall–Kier alpha value is -2.88. The number of nitriles is 1. The smallest absolute Gasteiger partial charge is 0.229 e. The fourth-order valence-electron chi connectivity index (χ4n) is 3.66. The summed E-state index contributed by atoms with van der Waals surface area (Å²) in [5.74, 6) is 0.389. The lowest BCUT2D eigenvalue weighted by molar-refractivity contribution is -0.120. The Bertz CT molecular complexity index is 1120. The van der Waals surface area contributed by atoms with Crippen molar-refractivity contribution in [2.45, 2.75) is 32.2 Å². The van der Waals surface area contributed by atoms with Crippen LogP contribution in [-0.4, -0.2) is 28.2 Å². The van der Waals surface area contributed by atoms with Gasteiger partial charge in [-0.25, -0.2) is 0 Å². The highest BCUT2D eigenvalue weighted by molar-refractivity contribution is 6.33. The van der Waals surface area contributed by atoms with Crippen molar-refractivity contribution in [1.82, 2.24) is 15.5 Å². The van der Waals surface area contributed by atoms with Gasteiger partial charge in [0.25, 0.3) is 0 Å². The third-order valence-electron chi connectivity index (χ3n) is 5.53. The summed E-state index contributed by atoms with van der Waals surface area (Å²) in [5.41, 5.74) is 3.06. The molecular weight excluding hydrogens is 386 g/mol. The van der Waals surface area contributed by atoms with Gasteiger partial charge < -0.3 is 10.6 Å². The van der Waals surface area contributed by atoms with E-state index in [1.54, 1.807) is 18.2 Å². The molecule has 0 radical (unpaired) electrons. The van der Waals surface area contributed by atoms with E-state index in [1.165, 1.54) is 0 Å². The molecule has 2 aromatic carbocycles. The molecule has 1 atom stereocenters. The van der Waals surface area contributed by atoms with Gasteiger partial charge in [0, 0.05) is 28.1 Å². The average molecular weight is 408 g/mol. The maximum absolute atomic E-state index is 12.8. The number of H-pyrrole nitrogens is 1. The average Bonchev–Trinajstić information content (AvgIpc) is 3.10. The molecule has 1 amide bonds. The molecule has 3 aromatic rings. The van der Waals surface area contributed by atoms with Crippen molar-refractivity contribution in [2.24, 2.45) is 5.92 Å². The summed E-state index contributed by atoms with van der Waals surface area (Å²) < 4.78 is 0. The van der Waals surface area contributed by atoms with Crippen LogP contribution in [0.2, 0.25) is 5.02 Å². The van der Waals surface area contributed by atoms with Gasteiger partial charge in [0.15, 0.2) is 5.82 Å². The van der Waals surface area contributed by atoms with Gasteiger partial charge in [0.2, 0.25) is 5.91 Å². The van der Waals surface area contributed by atoms with E-state index in [2.05, 4.69) is 40.7 Å². The predicted octanol–water partition coefficient (Wildman–Crippen LogP) is 4.47. The second kappa shape index (κ2) is 7.51. The Balaban J connectivity index is 1.61. The SMILES string of the molecule is CC1(C)CC[C@@H](C(=O)Nc2n[nH]c3ccc(-c4cc(C#N)ccc4Cl)cc23)CN1. The molecule has 0 saturated carbocycles. The second-order valence-electron chi connectivity index (χ2n) is 8.13. The minimum absolute atomic E-state index is 0.0312. The summed E-state index contributed by atoms with van der Waals surface area (Å²) in [4.78, 5) is 12.8. The van der Waals surface area contributed by atoms with Crippen molar-refractivity contribution in [3.8, 4) is 17.2 Å². The molecule has 1 aliphatic heterocycles. The van der Waals surface area contributed by atoms with Crippen molar-refractivity contribution < 1.29 is 4.79 Å². The molecule has 3 N–H and O–H groups in total. The number of rotatable bonds is 3. The Morgan fingerprint density at radius 3 is 2.86 bits per heavy atom. The molecule has 4 rings (SSSR count). The van der Waals surface area contributed by atoms with Gasteiger partial charge in [0.05, 0.1) is 23.1 Å². The molecule has 0 unspecified atom stereocenters. The largest absolute Gasteiger partial charge is 0.311 e. The number of nitrogens with one attached hydrogen (secondary N) is 3. The Morgan fingerprint density at radius 2 is 2.14 bits per heavy atom. The van der Waals surface area contributed by atoms with E-state index < -0.39 is 0 Å². The molecule has 1 aromatic heterocycles. The summed E-state index contributed by atoms with van der Waals surface area (Å²) in [6, 6.07) is 13.0. The van der Waals surface area contributed by atoms with Crippen LogP contribution in [-0.2, 0) is 4.79 Å². The third kappa shape index (κ3) is 3.98. The van der Waals surface area contributed by atoms with Crippen LogP contribution in [0.3, 0.4) is 0 Å². The number of nitrogens with zero attached hydrogens (tertiary/aromatic N) is 2. The summed E-state index contributed by atoms with van der Waals surface area (Å²) in [7, 11) is 0. The number of piperidine rings is 1. The monoisotopic (exact) mass is 407 g/mol. The van der Waals surface area contributed by atoms with E-state index in [9.17, 15) is 10.1 Å². The van der Waals surface area contributed by atoms with Crippen molar-refractivity contribution in [1.29, 1.82) is 5.26 Å². The zero-order chi connectivity index (χ0) is 20.6. The van der Waals surface area contributed by atoms with Gasteiger partial charge in [-0.05, 0) is 62.6 Å². The number of anilines is 1. The lowest BCUT2D eigenvalue weighted by atomic mass is 9.86. The second-order valence-corrected chi connectivity index (χ2v) is 8.54. The highest BCUT2D eigenvalue weighted by Gasteiger charge is 2.30. The van der Waals surface area contributed by atoms with E-state index >= 15 is 0 Å². The first-order chi connectivity index (χ1) is 13.9. The quantitative estimate of drug-likeness (QED) is 0.597. The maximum Gasteiger partial charge on any atom is 0.229 e. The van der Waals surface area contributed by atoms with Gasteiger partial charge in [-0.1, -0.05) is 17.7 Å². The molecular formula is C22H22ClN5O. The first-order valence-electron chi connectivity index (χ1n) is 9.60. The molecule has 7 heteroatoms. The van der Waals surface area contributed by atoms with Gasteiger partial charge in [0.1, 0.15) is 0 Å². The van der Waals surface area contributed by atoms with Crippen molar-refractivity contribution in [3.05, 3.63) is 47.0 Å². The number of aromatic nitrogens is 2. The summed E-state index contributed by atoms with van der Waals surface area (Å²) in [6.45, 7) is 4.95. The van der Waals surface area contributed by atoms with Crippen molar-refractivity contribution in [3.63, 3.8) is 0 Å². The van der Waals surface area contributed by atoms with Crippen LogP contribution in [0.1, 0.15) is 32.3 Å². The summed E-state index contributed by atoms with van der Waals surface area (Å²) >= 11 is 6.35. The molecule has 0 bridgehead atoms. The summed E-state index contributed by atoms with van der Waals surface area (Å²) in [5, 5.41) is 24.2. The standard InChI is InChI=1S/C22H22ClN5O/c1-22(2)8-7-15(12-25-22)21(29)26-20-17-10-14(4-6-19(17)27-28-20)16-9-13(11-24)3-5-18(16)23/h3-6,9-10,15,25H,7-8,12H2,1-2H3,(H2,26,27,28,29)/t15-/m1/s1. The molecule has 0 spiro atoms. The zero-order valence-corrected chi connectivity index (χ0v) is 17.1. The number of halogens is 1. The van der Waals surface area contributed by atoms with E-state index in [1.807, 2.05) is 18.2 Å². The first-order valence-corrected chi connectivity index (χ1v) is 9.98. The van der Waals surface area contributed by atoms with Crippen LogP contribution in [0.25, 0.3) is 22.0 Å². The number of carbonyl (C=O) groups is 1. The van der Waals surface area contributed by atoms with Crippen LogP contribution in [0, 0.1) is 17.2 Å². The van der Waals surface area contributed by atoms with Crippen LogP contribution < -0.4 is 10.6 Å². The van der Waals surface area contributed by atoms with E-state index in [-0.39, 0.29) is 17.4 Å². The number of hydrogen-bond acceptors (Lipinski definition) is 4. The highest BCUT2D eigenvalue weighted by atomic mass is 35.5. The van der Waals surface area contributed by atoms with Gasteiger partial charge in [-0.3, -0.25) is 9.89 Å². The molecule has 29 heavy (non-hydrogen) atoms. The normalized spacial score (nSPS) is 18.3. The van der Waals surface area contributed by atoms with E-state index in [4.69, 9.17) is 11.6 Å². The Morgan fingerprint density at radius 1 is 1.31 bits per heavy atom. The van der Waals surface area contributed by atoms with E-state index in [0.717, 1.165) is 34.9 Å². The topological polar surface area (TPSA) is 93.6 Å². The predicted molar refractivity (Wildman–Crippen MR) is 115 cm³/mol. The lowest BCUT2D eigenvalue weighted by Gasteiger charge is -2.35. The number of aromatic amines is 1. The Labute approximate surface area is 174 Å².